The smallest absolute Gasteiger partial charge is 0.309 e. The summed E-state index contributed by atoms with van der Waals surface area (Å²) < 4.78 is 5.97. The number of allylic oxidation sites excluding steroid dienone is 1. The Morgan fingerprint density at radius 2 is 1.53 bits per heavy atom. The number of ether oxygens (including phenoxy) is 1. The lowest BCUT2D eigenvalue weighted by molar-refractivity contribution is -0.250. The van der Waals surface area contributed by atoms with Gasteiger partial charge in [0.25, 0.3) is 0 Å². The van der Waals surface area contributed by atoms with Crippen molar-refractivity contribution < 1.29 is 29.3 Å². The van der Waals surface area contributed by atoms with Crippen LogP contribution >= 0.6 is 0 Å². The predicted octanol–water partition coefficient (Wildman–Crippen LogP) is 6.26. The first-order valence-electron chi connectivity index (χ1n) is 18.2. The molecule has 0 bridgehead atoms. The monoisotopic (exact) mass is 685 g/mol. The summed E-state index contributed by atoms with van der Waals surface area (Å²) in [5, 5.41) is 26.6. The molecular formula is C38H63N5O6. The van der Waals surface area contributed by atoms with E-state index in [1.165, 1.54) is 10.5 Å². The van der Waals surface area contributed by atoms with Gasteiger partial charge >= 0.3 is 17.9 Å². The van der Waals surface area contributed by atoms with Crippen molar-refractivity contribution in [1.82, 2.24) is 4.90 Å². The first kappa shape index (κ1) is 38.7. The van der Waals surface area contributed by atoms with Crippen LogP contribution in [0, 0.1) is 62.1 Å². The molecule has 276 valence electrons. The number of carboxylic acid groups (broad SMARTS) is 2. The van der Waals surface area contributed by atoms with E-state index in [0.29, 0.717) is 23.7 Å². The Labute approximate surface area is 293 Å². The third-order valence-corrected chi connectivity index (χ3v) is 14.9. The van der Waals surface area contributed by atoms with Crippen LogP contribution in [0.5, 0.6) is 0 Å². The molecule has 0 unspecified atom stereocenters. The highest BCUT2D eigenvalue weighted by molar-refractivity contribution is 5.91. The Morgan fingerprint density at radius 3 is 2.06 bits per heavy atom. The molecule has 5 aliphatic carbocycles. The van der Waals surface area contributed by atoms with Crippen molar-refractivity contribution in [3.8, 4) is 0 Å². The second-order valence-corrected chi connectivity index (χ2v) is 17.6. The van der Waals surface area contributed by atoms with Crippen molar-refractivity contribution in [2.75, 3.05) is 14.1 Å². The number of aliphatic carboxylic acids is 2. The molecule has 7 N–H and O–H groups in total. The van der Waals surface area contributed by atoms with Crippen LogP contribution in [0.25, 0.3) is 0 Å². The van der Waals surface area contributed by atoms with Gasteiger partial charge in [0.15, 0.2) is 5.96 Å². The van der Waals surface area contributed by atoms with Gasteiger partial charge in [0, 0.05) is 19.5 Å². The number of carbonyl (C=O) groups is 3. The van der Waals surface area contributed by atoms with Crippen LogP contribution in [0.15, 0.2) is 17.1 Å². The molecule has 0 aromatic rings. The third kappa shape index (κ3) is 6.48. The first-order chi connectivity index (χ1) is 22.6. The van der Waals surface area contributed by atoms with Crippen LogP contribution in [0.4, 0.5) is 0 Å². The molecule has 0 spiro atoms. The van der Waals surface area contributed by atoms with Crippen LogP contribution < -0.4 is 11.5 Å². The van der Waals surface area contributed by atoms with Gasteiger partial charge < -0.3 is 31.3 Å². The summed E-state index contributed by atoms with van der Waals surface area (Å²) in [6, 6.07) is 0. The van der Waals surface area contributed by atoms with Crippen molar-refractivity contribution >= 4 is 29.8 Å². The zero-order valence-electron chi connectivity index (χ0n) is 31.2. The number of hydrogen-bond donors (Lipinski definition) is 5. The number of aliphatic imine (C=N–C) groups is 1. The Kier molecular flexibility index (Phi) is 10.7. The van der Waals surface area contributed by atoms with E-state index in [9.17, 15) is 19.5 Å². The second-order valence-electron chi connectivity index (χ2n) is 17.6. The SMILES string of the molecule is C=C(C)[C@@H]1CC[C@]2(C(=O)O)CC[C@]3(C)[C@H](CC[C@@H]4[C@@]5(C)CC[C@H](OC(=O)CCC(=O)O)C(C)(C)[C@@H]5CC[C@]43C)[C@@H]12.CN(C)C(=N)N=C(N)N. The van der Waals surface area contributed by atoms with Gasteiger partial charge in [-0.25, -0.2) is 0 Å². The molecule has 10 atom stereocenters. The van der Waals surface area contributed by atoms with E-state index in [1.54, 1.807) is 14.1 Å². The highest BCUT2D eigenvalue weighted by atomic mass is 16.5. The molecule has 49 heavy (non-hydrogen) atoms. The number of hydrogen-bond acceptors (Lipinski definition) is 5. The van der Waals surface area contributed by atoms with Gasteiger partial charge in [-0.1, -0.05) is 46.8 Å². The molecule has 0 amide bonds. The third-order valence-electron chi connectivity index (χ3n) is 14.9. The minimum atomic E-state index is -0.974. The number of carbonyl (C=O) groups excluding carboxylic acids is 1. The highest BCUT2D eigenvalue weighted by Crippen LogP contribution is 2.77. The quantitative estimate of drug-likeness (QED) is 0.0929. The van der Waals surface area contributed by atoms with Gasteiger partial charge in [-0.15, -0.1) is 0 Å². The summed E-state index contributed by atoms with van der Waals surface area (Å²) in [5.74, 6) is -0.134. The van der Waals surface area contributed by atoms with Crippen molar-refractivity contribution in [1.29, 1.82) is 5.41 Å². The zero-order chi connectivity index (χ0) is 36.9. The number of guanidine groups is 2. The molecule has 0 heterocycles. The molecule has 0 aromatic heterocycles. The molecule has 5 fully saturated rings. The summed E-state index contributed by atoms with van der Waals surface area (Å²) in [5.41, 5.74) is 10.7. The number of nitrogens with two attached hydrogens (primary N) is 2. The number of nitrogens with one attached hydrogen (secondary N) is 1. The van der Waals surface area contributed by atoms with Crippen molar-refractivity contribution in [3.63, 3.8) is 0 Å². The summed E-state index contributed by atoms with van der Waals surface area (Å²) in [6.07, 6.45) is 9.33. The Hall–Kier alpha value is -3.11. The van der Waals surface area contributed by atoms with Crippen LogP contribution in [0.3, 0.4) is 0 Å². The maximum atomic E-state index is 12.9. The van der Waals surface area contributed by atoms with Crippen molar-refractivity contribution in [2.24, 2.45) is 73.1 Å². The van der Waals surface area contributed by atoms with Gasteiger partial charge in [0.1, 0.15) is 6.10 Å². The lowest BCUT2D eigenvalue weighted by Crippen LogP contribution is -2.67. The largest absolute Gasteiger partial charge is 0.481 e. The summed E-state index contributed by atoms with van der Waals surface area (Å²) >= 11 is 0. The number of esters is 1. The normalized spacial score (nSPS) is 40.0. The predicted molar refractivity (Wildman–Crippen MR) is 191 cm³/mol. The van der Waals surface area contributed by atoms with E-state index in [2.05, 4.69) is 53.1 Å². The maximum Gasteiger partial charge on any atom is 0.309 e. The summed E-state index contributed by atoms with van der Waals surface area (Å²) in [7, 11) is 3.38. The molecular weight excluding hydrogens is 622 g/mol. The average Bonchev–Trinajstić information content (AvgIpc) is 3.39. The molecule has 0 aromatic carbocycles. The van der Waals surface area contributed by atoms with Gasteiger partial charge in [0.2, 0.25) is 5.96 Å². The van der Waals surface area contributed by atoms with Crippen LogP contribution in [-0.2, 0) is 19.1 Å². The minimum absolute atomic E-state index is 0.0509. The number of carboxylic acids is 2. The molecule has 5 rings (SSSR count). The number of rotatable bonds is 6. The van der Waals surface area contributed by atoms with Crippen molar-refractivity contribution in [2.45, 2.75) is 125 Å². The lowest BCUT2D eigenvalue weighted by Gasteiger charge is -2.72. The highest BCUT2D eigenvalue weighted by Gasteiger charge is 2.72. The van der Waals surface area contributed by atoms with Crippen LogP contribution in [0.2, 0.25) is 0 Å². The standard InChI is InChI=1S/C34H52O6.C4H11N5/c1-20(2)21-12-17-34(29(38)39)19-18-32(6)22(28(21)34)8-9-24-31(5)15-14-25(40-27(37)11-10-26(35)36)30(3,4)23(31)13-16-33(24,32)7;1-9(2)4(7)8-3(5)6/h21-25,28H,1,8-19H2,2-7H3,(H,35,36)(H,38,39);1-2H3,(H5,5,6,7,8)/t21-,22+,23-,24+,25-,28+,31-,32+,33+,34-;/m0./s1. The Balaban J connectivity index is 0.000000529. The van der Waals surface area contributed by atoms with E-state index in [-0.39, 0.29) is 58.4 Å². The number of fused-ring (bicyclic) bond motifs is 7. The Morgan fingerprint density at radius 1 is 0.878 bits per heavy atom. The fourth-order valence-corrected chi connectivity index (χ4v) is 12.3. The van der Waals surface area contributed by atoms with Gasteiger partial charge in [0.05, 0.1) is 18.3 Å². The van der Waals surface area contributed by atoms with Crippen LogP contribution in [0.1, 0.15) is 119 Å². The topological polar surface area (TPSA) is 192 Å². The van der Waals surface area contributed by atoms with E-state index < -0.39 is 23.3 Å². The molecule has 0 saturated heterocycles. The maximum absolute atomic E-state index is 12.9. The summed E-state index contributed by atoms with van der Waals surface area (Å²) in [6.45, 7) is 18.6. The Bertz CT molecular complexity index is 1370. The van der Waals surface area contributed by atoms with E-state index in [4.69, 9.17) is 26.7 Å². The minimum Gasteiger partial charge on any atom is -0.481 e. The van der Waals surface area contributed by atoms with Crippen molar-refractivity contribution in [3.05, 3.63) is 12.2 Å². The molecule has 11 nitrogen and oxygen atoms in total. The van der Waals surface area contributed by atoms with Gasteiger partial charge in [-0.3, -0.25) is 19.8 Å². The van der Waals surface area contributed by atoms with Gasteiger partial charge in [-0.05, 0) is 117 Å². The molecule has 11 heteroatoms. The van der Waals surface area contributed by atoms with E-state index >= 15 is 0 Å². The second kappa shape index (κ2) is 13.5. The van der Waals surface area contributed by atoms with Gasteiger partial charge in [-0.2, -0.15) is 4.99 Å². The fourth-order valence-electron chi connectivity index (χ4n) is 12.3. The fraction of sp³-hybridized carbons (Fsp3) is 0.816. The summed E-state index contributed by atoms with van der Waals surface area (Å²) in [4.78, 5) is 41.3. The van der Waals surface area contributed by atoms with Crippen LogP contribution in [-0.4, -0.2) is 65.1 Å². The lowest BCUT2D eigenvalue weighted by atomic mass is 9.32. The zero-order valence-corrected chi connectivity index (χ0v) is 31.2. The molecule has 0 aliphatic heterocycles. The molecule has 0 radical (unpaired) electrons. The first-order valence-corrected chi connectivity index (χ1v) is 18.2. The molecule has 5 saturated carbocycles. The van der Waals surface area contributed by atoms with E-state index in [0.717, 1.165) is 64.2 Å². The number of nitrogens with zero attached hydrogens (tertiary/aromatic N) is 2. The van der Waals surface area contributed by atoms with E-state index in [1.807, 2.05) is 0 Å². The average molecular weight is 686 g/mol. The molecule has 5 aliphatic rings.